The molecule has 0 spiro atoms. The Kier molecular flexibility index (Phi) is 7.77. The number of carbonyl (C=O) groups excluding carboxylic acids is 1. The van der Waals surface area contributed by atoms with Crippen molar-refractivity contribution in [3.05, 3.63) is 82.4 Å². The fraction of sp³-hybridized carbons (Fsp3) is 0.333. The average molecular weight is 537 g/mol. The number of carboxylic acid groups (broad SMARTS) is 1. The first-order chi connectivity index (χ1) is 17.9. The number of halogens is 1. The van der Waals surface area contributed by atoms with E-state index in [2.05, 4.69) is 30.5 Å². The zero-order valence-electron chi connectivity index (χ0n) is 20.6. The lowest BCUT2D eigenvalue weighted by molar-refractivity contribution is -0.139. The van der Waals surface area contributed by atoms with Gasteiger partial charge < -0.3 is 14.6 Å². The fourth-order valence-corrected chi connectivity index (χ4v) is 6.08. The van der Waals surface area contributed by atoms with Crippen molar-refractivity contribution < 1.29 is 24.2 Å². The van der Waals surface area contributed by atoms with Gasteiger partial charge in [-0.3, -0.25) is 9.59 Å². The second-order valence-corrected chi connectivity index (χ2v) is 11.0. The van der Waals surface area contributed by atoms with Crippen LogP contribution < -0.4 is 9.47 Å². The Morgan fingerprint density at radius 1 is 1.08 bits per heavy atom. The molecule has 1 saturated carbocycles. The molecule has 2 aliphatic rings. The Bertz CT molecular complexity index is 1310. The maximum atomic E-state index is 13.0. The van der Waals surface area contributed by atoms with Gasteiger partial charge in [0.25, 0.3) is 0 Å². The number of ether oxygens (including phenoxy) is 2. The number of carbonyl (C=O) groups is 2. The van der Waals surface area contributed by atoms with E-state index >= 15 is 0 Å². The van der Waals surface area contributed by atoms with E-state index in [9.17, 15) is 14.7 Å². The Labute approximate surface area is 226 Å². The van der Waals surface area contributed by atoms with Gasteiger partial charge in [0.15, 0.2) is 5.78 Å². The average Bonchev–Trinajstić information content (AvgIpc) is 3.37. The smallest absolute Gasteiger partial charge is 0.311 e. The predicted molar refractivity (Wildman–Crippen MR) is 146 cm³/mol. The molecule has 3 aromatic carbocycles. The molecule has 1 aliphatic heterocycles. The topological polar surface area (TPSA) is 72.8 Å². The van der Waals surface area contributed by atoms with Crippen LogP contribution in [-0.4, -0.2) is 29.7 Å². The number of Topliss-reactive ketones (excluding diaryl/α,β-unsaturated/α-hetero) is 1. The van der Waals surface area contributed by atoms with E-state index in [0.29, 0.717) is 64.7 Å². The third-order valence-corrected chi connectivity index (χ3v) is 8.41. The van der Waals surface area contributed by atoms with Gasteiger partial charge in [-0.25, -0.2) is 0 Å². The van der Waals surface area contributed by atoms with Gasteiger partial charge in [0, 0.05) is 28.5 Å². The minimum Gasteiger partial charge on any atom is -0.493 e. The molecule has 0 radical (unpaired) electrons. The third kappa shape index (κ3) is 5.81. The van der Waals surface area contributed by atoms with Gasteiger partial charge in [-0.15, -0.1) is 11.8 Å². The van der Waals surface area contributed by atoms with Gasteiger partial charge in [0.2, 0.25) is 0 Å². The summed E-state index contributed by atoms with van der Waals surface area (Å²) in [6, 6.07) is 19.1. The van der Waals surface area contributed by atoms with Crippen LogP contribution in [0, 0.1) is 5.92 Å². The summed E-state index contributed by atoms with van der Waals surface area (Å²) < 4.78 is 11.6. The van der Waals surface area contributed by atoms with Crippen LogP contribution in [0.15, 0.2) is 65.6 Å². The van der Waals surface area contributed by atoms with Crippen molar-refractivity contribution in [3.8, 4) is 17.2 Å². The summed E-state index contributed by atoms with van der Waals surface area (Å²) in [4.78, 5) is 25.8. The highest BCUT2D eigenvalue weighted by Crippen LogP contribution is 2.43. The molecule has 5 nitrogen and oxygen atoms in total. The second kappa shape index (κ2) is 11.2. The zero-order valence-corrected chi connectivity index (χ0v) is 22.2. The summed E-state index contributed by atoms with van der Waals surface area (Å²) in [6.45, 7) is 0.327. The second-order valence-electron chi connectivity index (χ2n) is 9.75. The summed E-state index contributed by atoms with van der Waals surface area (Å²) in [5.74, 6) is 0.928. The minimum atomic E-state index is -0.896. The molecule has 5 rings (SSSR count). The van der Waals surface area contributed by atoms with E-state index in [1.165, 1.54) is 10.5 Å². The maximum Gasteiger partial charge on any atom is 0.311 e. The lowest BCUT2D eigenvalue weighted by Crippen LogP contribution is -2.20. The molecule has 192 valence electrons. The maximum absolute atomic E-state index is 13.0. The largest absolute Gasteiger partial charge is 0.493 e. The molecule has 0 amide bonds. The van der Waals surface area contributed by atoms with Crippen LogP contribution in [-0.2, 0) is 4.79 Å². The number of hydrogen-bond acceptors (Lipinski definition) is 5. The fourth-order valence-electron chi connectivity index (χ4n) is 5.40. The normalized spacial score (nSPS) is 20.6. The molecule has 0 saturated heterocycles. The highest BCUT2D eigenvalue weighted by Gasteiger charge is 2.30. The number of fused-ring (bicyclic) bond motifs is 1. The van der Waals surface area contributed by atoms with Crippen LogP contribution in [0.2, 0.25) is 5.02 Å². The van der Waals surface area contributed by atoms with E-state index in [-0.39, 0.29) is 5.78 Å². The van der Waals surface area contributed by atoms with Crippen molar-refractivity contribution in [2.24, 2.45) is 5.92 Å². The van der Waals surface area contributed by atoms with Crippen LogP contribution >= 0.6 is 23.4 Å². The van der Waals surface area contributed by atoms with Crippen molar-refractivity contribution in [3.63, 3.8) is 0 Å². The van der Waals surface area contributed by atoms with Gasteiger partial charge in [-0.2, -0.15) is 0 Å². The molecule has 0 aromatic heterocycles. The first kappa shape index (κ1) is 25.7. The molecule has 3 atom stereocenters. The Morgan fingerprint density at radius 3 is 2.65 bits per heavy atom. The van der Waals surface area contributed by atoms with Crippen LogP contribution in [0.1, 0.15) is 65.4 Å². The number of aliphatic carboxylic acids is 1. The molecule has 3 aromatic rings. The van der Waals surface area contributed by atoms with Crippen molar-refractivity contribution in [1.29, 1.82) is 0 Å². The van der Waals surface area contributed by atoms with E-state index in [0.717, 1.165) is 19.3 Å². The van der Waals surface area contributed by atoms with E-state index in [1.807, 2.05) is 0 Å². The monoisotopic (exact) mass is 536 g/mol. The number of thioether (sulfide) groups is 1. The number of benzene rings is 3. The van der Waals surface area contributed by atoms with Crippen LogP contribution in [0.3, 0.4) is 0 Å². The highest BCUT2D eigenvalue weighted by atomic mass is 35.5. The van der Waals surface area contributed by atoms with Gasteiger partial charge in [0.05, 0.1) is 17.5 Å². The van der Waals surface area contributed by atoms with Gasteiger partial charge >= 0.3 is 5.97 Å². The van der Waals surface area contributed by atoms with Crippen LogP contribution in [0.25, 0.3) is 0 Å². The SMILES string of the molecule is CSc1cccc(C2CCC(CC(=O)c3ccc(Oc4cc5c(cc4Cl)C(C(=O)O)CCO5)cc3)C2)c1. The number of carboxylic acids is 1. The number of ketones is 1. The van der Waals surface area contributed by atoms with Crippen molar-refractivity contribution in [1.82, 2.24) is 0 Å². The molecule has 0 bridgehead atoms. The third-order valence-electron chi connectivity index (χ3n) is 7.39. The molecule has 1 heterocycles. The zero-order chi connectivity index (χ0) is 25.9. The lowest BCUT2D eigenvalue weighted by atomic mass is 9.93. The molecule has 1 N–H and O–H groups in total. The summed E-state index contributed by atoms with van der Waals surface area (Å²) >= 11 is 8.16. The van der Waals surface area contributed by atoms with E-state index in [4.69, 9.17) is 21.1 Å². The predicted octanol–water partition coefficient (Wildman–Crippen LogP) is 7.96. The molecule has 1 fully saturated rings. The van der Waals surface area contributed by atoms with Crippen molar-refractivity contribution >= 4 is 35.1 Å². The van der Waals surface area contributed by atoms with Gasteiger partial charge in [0.1, 0.15) is 17.2 Å². The van der Waals surface area contributed by atoms with Gasteiger partial charge in [-0.1, -0.05) is 23.7 Å². The van der Waals surface area contributed by atoms with Gasteiger partial charge in [-0.05, 0) is 91.8 Å². The lowest BCUT2D eigenvalue weighted by Gasteiger charge is -2.24. The highest BCUT2D eigenvalue weighted by molar-refractivity contribution is 7.98. The molecule has 3 unspecified atom stereocenters. The number of rotatable bonds is 8. The summed E-state index contributed by atoms with van der Waals surface area (Å²) in [5.41, 5.74) is 2.61. The summed E-state index contributed by atoms with van der Waals surface area (Å²) in [5, 5.41) is 9.78. The standard InChI is InChI=1S/C30H29ClO5S/c1-37-23-4-2-3-20(15-23)21-6-5-18(13-21)14-27(32)19-7-9-22(10-8-19)36-29-17-28-25(16-26(29)31)24(30(33)34)11-12-35-28/h2-4,7-10,15-18,21,24H,5-6,11-14H2,1H3,(H,33,34). The molecular formula is C30H29ClO5S. The Morgan fingerprint density at radius 2 is 1.89 bits per heavy atom. The molecule has 1 aliphatic carbocycles. The minimum absolute atomic E-state index is 0.148. The first-order valence-corrected chi connectivity index (χ1v) is 14.2. The van der Waals surface area contributed by atoms with Crippen molar-refractivity contribution in [2.45, 2.75) is 48.8 Å². The number of hydrogen-bond donors (Lipinski definition) is 1. The van der Waals surface area contributed by atoms with Crippen molar-refractivity contribution in [2.75, 3.05) is 12.9 Å². The Hall–Kier alpha value is -2.96. The van der Waals surface area contributed by atoms with Crippen LogP contribution in [0.4, 0.5) is 0 Å². The van der Waals surface area contributed by atoms with E-state index < -0.39 is 11.9 Å². The summed E-state index contributed by atoms with van der Waals surface area (Å²) in [6.07, 6.45) is 6.30. The summed E-state index contributed by atoms with van der Waals surface area (Å²) in [7, 11) is 0. The van der Waals surface area contributed by atoms with Crippen LogP contribution in [0.5, 0.6) is 17.2 Å². The molecule has 37 heavy (non-hydrogen) atoms. The molecular weight excluding hydrogens is 508 g/mol. The van der Waals surface area contributed by atoms with E-state index in [1.54, 1.807) is 48.2 Å². The first-order valence-electron chi connectivity index (χ1n) is 12.6. The quantitative estimate of drug-likeness (QED) is 0.232. The molecule has 7 heteroatoms. The Balaban J connectivity index is 1.21.